The summed E-state index contributed by atoms with van der Waals surface area (Å²) in [7, 11) is -1.75. The van der Waals surface area contributed by atoms with Crippen LogP contribution in [0.1, 0.15) is 31.2 Å². The van der Waals surface area contributed by atoms with Crippen LogP contribution in [0.15, 0.2) is 24.3 Å². The Morgan fingerprint density at radius 1 is 1.00 bits per heavy atom. The Hall–Kier alpha value is -1.03. The Balaban J connectivity index is 2.76. The second kappa shape index (κ2) is 3.98. The van der Waals surface area contributed by atoms with Gasteiger partial charge in [0.25, 0.3) is 0 Å². The molecular formula is C14H16F3S+. The predicted octanol–water partition coefficient (Wildman–Crippen LogP) is 5.67. The van der Waals surface area contributed by atoms with E-state index < -0.39 is 16.0 Å². The van der Waals surface area contributed by atoms with Crippen LogP contribution in [0, 0.1) is 6.92 Å². The van der Waals surface area contributed by atoms with Crippen LogP contribution in [0.4, 0.5) is 13.2 Å². The largest absolute Gasteiger partial charge is 0.600 e. The maximum absolute atomic E-state index is 13.1. The number of aryl methyl sites for hydroxylation is 1. The van der Waals surface area contributed by atoms with E-state index in [0.29, 0.717) is 15.0 Å². The highest BCUT2D eigenvalue weighted by atomic mass is 32.2. The summed E-state index contributed by atoms with van der Waals surface area (Å²) in [6.45, 7) is 7.59. The van der Waals surface area contributed by atoms with Crippen LogP contribution in [0.3, 0.4) is 0 Å². The molecule has 18 heavy (non-hydrogen) atoms. The molecule has 1 unspecified atom stereocenters. The Morgan fingerprint density at radius 3 is 2.11 bits per heavy atom. The van der Waals surface area contributed by atoms with Gasteiger partial charge < -0.3 is 0 Å². The van der Waals surface area contributed by atoms with Gasteiger partial charge in [0.2, 0.25) is 0 Å². The number of hydrogen-bond donors (Lipinski definition) is 0. The normalized spacial score (nSPS) is 14.3. The Kier molecular flexibility index (Phi) is 2.97. The Bertz CT molecular complexity index is 585. The van der Waals surface area contributed by atoms with E-state index in [2.05, 4.69) is 0 Å². The summed E-state index contributed by atoms with van der Waals surface area (Å²) in [5.41, 5.74) is -3.36. The standard InChI is InChI=1S/C14H16F3S/c1-9-7-10-5-6-11(13(2,3)4)8-12(10)18(9)14(15,16)17/h5-8H,1-4H3/q+1. The molecule has 0 N–H and O–H groups in total. The van der Waals surface area contributed by atoms with Crippen LogP contribution in [0.25, 0.3) is 10.1 Å². The summed E-state index contributed by atoms with van der Waals surface area (Å²) in [5.74, 6) is 0. The van der Waals surface area contributed by atoms with E-state index >= 15 is 0 Å². The molecule has 4 heteroatoms. The highest BCUT2D eigenvalue weighted by Crippen LogP contribution is 2.51. The van der Waals surface area contributed by atoms with Crippen LogP contribution in [-0.2, 0) is 10.9 Å². The lowest BCUT2D eigenvalue weighted by Crippen LogP contribution is -2.10. The summed E-state index contributed by atoms with van der Waals surface area (Å²) >= 11 is 0. The van der Waals surface area contributed by atoms with Gasteiger partial charge in [-0.05, 0) is 17.0 Å². The average Bonchev–Trinajstić information content (AvgIpc) is 2.49. The van der Waals surface area contributed by atoms with Crippen molar-refractivity contribution in [2.45, 2.75) is 38.6 Å². The van der Waals surface area contributed by atoms with Gasteiger partial charge in [-0.25, -0.2) is 0 Å². The summed E-state index contributed by atoms with van der Waals surface area (Å²) in [4.78, 5) is 0.406. The van der Waals surface area contributed by atoms with Gasteiger partial charge >= 0.3 is 5.51 Å². The summed E-state index contributed by atoms with van der Waals surface area (Å²) in [6.07, 6.45) is 0. The van der Waals surface area contributed by atoms with Crippen LogP contribution in [0.5, 0.6) is 0 Å². The molecule has 0 amide bonds. The van der Waals surface area contributed by atoms with Crippen molar-refractivity contribution in [1.82, 2.24) is 0 Å². The van der Waals surface area contributed by atoms with E-state index in [-0.39, 0.29) is 5.41 Å². The molecule has 2 aromatic rings. The van der Waals surface area contributed by atoms with Crippen molar-refractivity contribution in [3.63, 3.8) is 0 Å². The number of alkyl halides is 3. The SMILES string of the molecule is Cc1cc2ccc(C(C)(C)C)cc2[s+]1C(F)(F)F. The third-order valence-corrected chi connectivity index (χ3v) is 5.03. The first-order chi connectivity index (χ1) is 8.10. The Morgan fingerprint density at radius 2 is 1.61 bits per heavy atom. The fraction of sp³-hybridized carbons (Fsp3) is 0.429. The summed E-state index contributed by atoms with van der Waals surface area (Å²) < 4.78 is 39.7. The van der Waals surface area contributed by atoms with E-state index in [0.717, 1.165) is 5.56 Å². The zero-order valence-corrected chi connectivity index (χ0v) is 11.7. The van der Waals surface area contributed by atoms with Gasteiger partial charge in [-0.3, -0.25) is 0 Å². The molecule has 1 aromatic carbocycles. The van der Waals surface area contributed by atoms with Gasteiger partial charge in [0.1, 0.15) is 0 Å². The third-order valence-electron chi connectivity index (χ3n) is 3.01. The van der Waals surface area contributed by atoms with Crippen molar-refractivity contribution in [1.29, 1.82) is 0 Å². The van der Waals surface area contributed by atoms with Crippen molar-refractivity contribution < 1.29 is 13.2 Å². The molecule has 0 saturated carbocycles. The van der Waals surface area contributed by atoms with Crippen molar-refractivity contribution in [3.05, 3.63) is 34.7 Å². The zero-order chi connectivity index (χ0) is 13.7. The van der Waals surface area contributed by atoms with Crippen molar-refractivity contribution in [2.24, 2.45) is 0 Å². The first-order valence-electron chi connectivity index (χ1n) is 5.74. The summed E-state index contributed by atoms with van der Waals surface area (Å²) in [6, 6.07) is 7.10. The molecule has 0 radical (unpaired) electrons. The maximum Gasteiger partial charge on any atom is 0.600 e. The first kappa shape index (κ1) is 13.4. The summed E-state index contributed by atoms with van der Waals surface area (Å²) in [5, 5.41) is 0.709. The minimum Gasteiger partial charge on any atom is -0.118 e. The smallest absolute Gasteiger partial charge is 0.118 e. The maximum atomic E-state index is 13.1. The monoisotopic (exact) mass is 273 g/mol. The van der Waals surface area contributed by atoms with Crippen LogP contribution in [0.2, 0.25) is 0 Å². The van der Waals surface area contributed by atoms with Crippen LogP contribution in [-0.4, -0.2) is 0 Å². The molecule has 0 spiro atoms. The molecule has 1 heterocycles. The highest BCUT2D eigenvalue weighted by Gasteiger charge is 2.47. The van der Waals surface area contributed by atoms with Crippen LogP contribution < -0.4 is 0 Å². The number of thiophene rings is 1. The number of hydrogen-bond acceptors (Lipinski definition) is 0. The zero-order valence-electron chi connectivity index (χ0n) is 10.9. The van der Waals surface area contributed by atoms with E-state index in [1.54, 1.807) is 25.1 Å². The van der Waals surface area contributed by atoms with Crippen molar-refractivity contribution in [3.8, 4) is 0 Å². The fourth-order valence-corrected chi connectivity index (χ4v) is 3.87. The lowest BCUT2D eigenvalue weighted by Gasteiger charge is -2.18. The molecule has 2 rings (SSSR count). The molecule has 1 aromatic heterocycles. The molecule has 98 valence electrons. The Labute approximate surface area is 107 Å². The molecule has 0 aliphatic rings. The average molecular weight is 273 g/mol. The van der Waals surface area contributed by atoms with Gasteiger partial charge in [0.05, 0.1) is 10.5 Å². The number of fused-ring (bicyclic) bond motifs is 1. The van der Waals surface area contributed by atoms with Crippen molar-refractivity contribution >= 4 is 20.6 Å². The number of halogens is 3. The second-order valence-electron chi connectivity index (χ2n) is 5.51. The van der Waals surface area contributed by atoms with E-state index in [1.807, 2.05) is 26.8 Å². The lowest BCUT2D eigenvalue weighted by atomic mass is 9.87. The highest BCUT2D eigenvalue weighted by molar-refractivity contribution is 7.38. The molecular weight excluding hydrogens is 257 g/mol. The minimum atomic E-state index is -4.18. The molecule has 0 saturated heterocycles. The van der Waals surface area contributed by atoms with Gasteiger partial charge in [0, 0.05) is 24.4 Å². The lowest BCUT2D eigenvalue weighted by molar-refractivity contribution is -0.0867. The molecule has 0 nitrogen and oxygen atoms in total. The quantitative estimate of drug-likeness (QED) is 0.542. The minimum absolute atomic E-state index is 0.133. The molecule has 0 bridgehead atoms. The molecule has 0 fully saturated rings. The van der Waals surface area contributed by atoms with Gasteiger partial charge in [-0.15, -0.1) is 13.2 Å². The molecule has 0 aliphatic heterocycles. The van der Waals surface area contributed by atoms with Crippen LogP contribution >= 0.6 is 10.5 Å². The van der Waals surface area contributed by atoms with Crippen molar-refractivity contribution in [2.75, 3.05) is 0 Å². The predicted molar refractivity (Wildman–Crippen MR) is 71.2 cm³/mol. The molecule has 1 atom stereocenters. The van der Waals surface area contributed by atoms with Gasteiger partial charge in [0.15, 0.2) is 9.58 Å². The molecule has 0 aliphatic carbocycles. The van der Waals surface area contributed by atoms with E-state index in [4.69, 9.17) is 0 Å². The van der Waals surface area contributed by atoms with Gasteiger partial charge in [-0.1, -0.05) is 26.8 Å². The first-order valence-corrected chi connectivity index (χ1v) is 6.97. The third kappa shape index (κ3) is 2.26. The topological polar surface area (TPSA) is 0 Å². The fourth-order valence-electron chi connectivity index (χ4n) is 2.06. The second-order valence-corrected chi connectivity index (χ2v) is 7.67. The van der Waals surface area contributed by atoms with Gasteiger partial charge in [-0.2, -0.15) is 0 Å². The number of benzene rings is 1. The number of rotatable bonds is 0. The van der Waals surface area contributed by atoms with E-state index in [9.17, 15) is 13.2 Å². The van der Waals surface area contributed by atoms with E-state index in [1.165, 1.54) is 0 Å².